The van der Waals surface area contributed by atoms with Gasteiger partial charge in [0.1, 0.15) is 17.3 Å². The summed E-state index contributed by atoms with van der Waals surface area (Å²) in [5.41, 5.74) is 3.83. The lowest BCUT2D eigenvalue weighted by Gasteiger charge is -2.19. The molecule has 0 unspecified atom stereocenters. The third-order valence-electron chi connectivity index (χ3n) is 2.58. The molecule has 90 valence electrons. The molecule has 0 bridgehead atoms. The van der Waals surface area contributed by atoms with Crippen molar-refractivity contribution in [2.45, 2.75) is 20.4 Å². The molecular weight excluding hydrogens is 256 g/mol. The molecular formula is C11H13ClN4S. The second-order valence-electron chi connectivity index (χ2n) is 3.83. The Bertz CT molecular complexity index is 526. The summed E-state index contributed by atoms with van der Waals surface area (Å²) >= 11 is 7.64. The molecule has 0 fully saturated rings. The Morgan fingerprint density at radius 1 is 1.29 bits per heavy atom. The number of nitrogens with zero attached hydrogens (tertiary/aromatic N) is 4. The average molecular weight is 269 g/mol. The van der Waals surface area contributed by atoms with Crippen LogP contribution in [0.25, 0.3) is 0 Å². The van der Waals surface area contributed by atoms with Crippen LogP contribution in [-0.2, 0) is 6.54 Å². The maximum atomic E-state index is 5.98. The highest BCUT2D eigenvalue weighted by Crippen LogP contribution is 2.23. The number of thiazole rings is 1. The van der Waals surface area contributed by atoms with Gasteiger partial charge in [-0.1, -0.05) is 11.6 Å². The third kappa shape index (κ3) is 2.56. The minimum atomic E-state index is 0.503. The second kappa shape index (κ2) is 4.98. The zero-order valence-electron chi connectivity index (χ0n) is 9.94. The Balaban J connectivity index is 2.23. The van der Waals surface area contributed by atoms with E-state index in [9.17, 15) is 0 Å². The zero-order chi connectivity index (χ0) is 12.4. The van der Waals surface area contributed by atoms with Gasteiger partial charge in [0.15, 0.2) is 0 Å². The first-order valence-electron chi connectivity index (χ1n) is 5.16. The van der Waals surface area contributed by atoms with E-state index in [1.165, 1.54) is 11.2 Å². The molecule has 17 heavy (non-hydrogen) atoms. The summed E-state index contributed by atoms with van der Waals surface area (Å²) in [4.78, 5) is 15.8. The standard InChI is InChI=1S/C11H13ClN4S/c1-7-10(12)13-5-14-11(7)16(3)4-9-8(2)15-6-17-9/h5-6H,4H2,1-3H3. The first kappa shape index (κ1) is 12.3. The van der Waals surface area contributed by atoms with Crippen molar-refractivity contribution < 1.29 is 0 Å². The molecule has 0 atom stereocenters. The second-order valence-corrected chi connectivity index (χ2v) is 5.13. The minimum Gasteiger partial charge on any atom is -0.354 e. The van der Waals surface area contributed by atoms with Crippen molar-refractivity contribution in [2.24, 2.45) is 0 Å². The summed E-state index contributed by atoms with van der Waals surface area (Å²) in [5.74, 6) is 0.859. The van der Waals surface area contributed by atoms with Crippen LogP contribution in [0.3, 0.4) is 0 Å². The van der Waals surface area contributed by atoms with E-state index in [-0.39, 0.29) is 0 Å². The van der Waals surface area contributed by atoms with Gasteiger partial charge in [-0.05, 0) is 13.8 Å². The van der Waals surface area contributed by atoms with Crippen LogP contribution < -0.4 is 4.90 Å². The molecule has 0 saturated carbocycles. The summed E-state index contributed by atoms with van der Waals surface area (Å²) in [5, 5.41) is 0.503. The highest BCUT2D eigenvalue weighted by molar-refractivity contribution is 7.09. The fourth-order valence-corrected chi connectivity index (χ4v) is 2.53. The quantitative estimate of drug-likeness (QED) is 0.803. The fourth-order valence-electron chi connectivity index (χ4n) is 1.57. The van der Waals surface area contributed by atoms with Crippen LogP contribution in [-0.4, -0.2) is 22.0 Å². The van der Waals surface area contributed by atoms with Gasteiger partial charge in [-0.2, -0.15) is 0 Å². The van der Waals surface area contributed by atoms with Gasteiger partial charge >= 0.3 is 0 Å². The Morgan fingerprint density at radius 3 is 2.71 bits per heavy atom. The molecule has 2 aromatic heterocycles. The summed E-state index contributed by atoms with van der Waals surface area (Å²) in [6.07, 6.45) is 1.49. The monoisotopic (exact) mass is 268 g/mol. The van der Waals surface area contributed by atoms with Crippen LogP contribution in [0.4, 0.5) is 5.82 Å². The lowest BCUT2D eigenvalue weighted by Crippen LogP contribution is -2.19. The van der Waals surface area contributed by atoms with E-state index >= 15 is 0 Å². The van der Waals surface area contributed by atoms with Gasteiger partial charge in [-0.25, -0.2) is 15.0 Å². The van der Waals surface area contributed by atoms with E-state index in [1.807, 2.05) is 26.4 Å². The normalized spacial score (nSPS) is 10.6. The Hall–Kier alpha value is -1.20. The average Bonchev–Trinajstić information content (AvgIpc) is 2.68. The van der Waals surface area contributed by atoms with Crippen molar-refractivity contribution in [3.8, 4) is 0 Å². The summed E-state index contributed by atoms with van der Waals surface area (Å²) < 4.78 is 0. The van der Waals surface area contributed by atoms with E-state index in [0.717, 1.165) is 23.6 Å². The van der Waals surface area contributed by atoms with Crippen LogP contribution in [0.1, 0.15) is 16.1 Å². The van der Waals surface area contributed by atoms with Crippen LogP contribution in [0.5, 0.6) is 0 Å². The number of hydrogen-bond acceptors (Lipinski definition) is 5. The number of rotatable bonds is 3. The lowest BCUT2D eigenvalue weighted by atomic mass is 10.3. The van der Waals surface area contributed by atoms with Crippen molar-refractivity contribution in [3.63, 3.8) is 0 Å². The Morgan fingerprint density at radius 2 is 2.06 bits per heavy atom. The first-order valence-corrected chi connectivity index (χ1v) is 6.42. The molecule has 0 radical (unpaired) electrons. The van der Waals surface area contributed by atoms with E-state index < -0.39 is 0 Å². The van der Waals surface area contributed by atoms with E-state index in [2.05, 4.69) is 19.9 Å². The van der Waals surface area contributed by atoms with Gasteiger partial charge in [0.05, 0.1) is 17.7 Å². The molecule has 4 nitrogen and oxygen atoms in total. The smallest absolute Gasteiger partial charge is 0.137 e. The van der Waals surface area contributed by atoms with Gasteiger partial charge in [0, 0.05) is 17.5 Å². The van der Waals surface area contributed by atoms with Crippen molar-refractivity contribution in [2.75, 3.05) is 11.9 Å². The van der Waals surface area contributed by atoms with Gasteiger partial charge in [0.25, 0.3) is 0 Å². The van der Waals surface area contributed by atoms with Crippen molar-refractivity contribution in [1.29, 1.82) is 0 Å². The van der Waals surface area contributed by atoms with Crippen LogP contribution in [0.2, 0.25) is 5.15 Å². The number of anilines is 1. The third-order valence-corrected chi connectivity index (χ3v) is 3.88. The molecule has 0 aromatic carbocycles. The predicted octanol–water partition coefficient (Wildman–Crippen LogP) is 2.84. The Labute approximate surface area is 109 Å². The van der Waals surface area contributed by atoms with E-state index in [4.69, 9.17) is 11.6 Å². The zero-order valence-corrected chi connectivity index (χ0v) is 11.5. The maximum Gasteiger partial charge on any atom is 0.137 e. The van der Waals surface area contributed by atoms with Gasteiger partial charge in [0.2, 0.25) is 0 Å². The van der Waals surface area contributed by atoms with Crippen LogP contribution in [0.15, 0.2) is 11.8 Å². The number of halogens is 1. The predicted molar refractivity (Wildman–Crippen MR) is 70.7 cm³/mol. The van der Waals surface area contributed by atoms with Crippen LogP contribution >= 0.6 is 22.9 Å². The van der Waals surface area contributed by atoms with Gasteiger partial charge < -0.3 is 4.90 Å². The van der Waals surface area contributed by atoms with Gasteiger partial charge in [-0.15, -0.1) is 11.3 Å². The van der Waals surface area contributed by atoms with Gasteiger partial charge in [-0.3, -0.25) is 0 Å². The lowest BCUT2D eigenvalue weighted by molar-refractivity contribution is 0.885. The number of hydrogen-bond donors (Lipinski definition) is 0. The highest BCUT2D eigenvalue weighted by Gasteiger charge is 2.12. The number of aryl methyl sites for hydroxylation is 1. The van der Waals surface area contributed by atoms with Crippen molar-refractivity contribution in [3.05, 3.63) is 33.1 Å². The van der Waals surface area contributed by atoms with E-state index in [0.29, 0.717) is 5.15 Å². The SMILES string of the molecule is Cc1ncsc1CN(C)c1ncnc(Cl)c1C. The topological polar surface area (TPSA) is 41.9 Å². The van der Waals surface area contributed by atoms with Crippen LogP contribution in [0, 0.1) is 13.8 Å². The molecule has 6 heteroatoms. The molecule has 0 aliphatic heterocycles. The molecule has 2 heterocycles. The molecule has 0 aliphatic carbocycles. The maximum absolute atomic E-state index is 5.98. The molecule has 0 amide bonds. The molecule has 0 spiro atoms. The summed E-state index contributed by atoms with van der Waals surface area (Å²) in [7, 11) is 1.99. The highest BCUT2D eigenvalue weighted by atomic mass is 35.5. The molecule has 0 N–H and O–H groups in total. The minimum absolute atomic E-state index is 0.503. The molecule has 0 saturated heterocycles. The summed E-state index contributed by atoms with van der Waals surface area (Å²) in [6, 6.07) is 0. The number of aromatic nitrogens is 3. The van der Waals surface area contributed by atoms with Crippen molar-refractivity contribution >= 4 is 28.8 Å². The Kier molecular flexibility index (Phi) is 3.59. The summed E-state index contributed by atoms with van der Waals surface area (Å²) in [6.45, 7) is 4.72. The van der Waals surface area contributed by atoms with E-state index in [1.54, 1.807) is 11.3 Å². The van der Waals surface area contributed by atoms with Crippen molar-refractivity contribution in [1.82, 2.24) is 15.0 Å². The molecule has 0 aliphatic rings. The largest absolute Gasteiger partial charge is 0.354 e. The first-order chi connectivity index (χ1) is 8.09. The molecule has 2 aromatic rings. The fraction of sp³-hybridized carbons (Fsp3) is 0.364. The molecule has 2 rings (SSSR count).